The van der Waals surface area contributed by atoms with Crippen molar-refractivity contribution in [3.63, 3.8) is 0 Å². The van der Waals surface area contributed by atoms with Crippen molar-refractivity contribution >= 4 is 17.5 Å². The summed E-state index contributed by atoms with van der Waals surface area (Å²) < 4.78 is 28.3. The molecule has 0 aromatic heterocycles. The summed E-state index contributed by atoms with van der Waals surface area (Å²) in [7, 11) is 0. The molecule has 0 saturated carbocycles. The molecule has 8 heteroatoms. The highest BCUT2D eigenvalue weighted by Crippen LogP contribution is 2.46. The van der Waals surface area contributed by atoms with Gasteiger partial charge in [-0.1, -0.05) is 60.7 Å². The number of benzene rings is 4. The monoisotopic (exact) mass is 664 g/mol. The zero-order valence-electron chi connectivity index (χ0n) is 27.7. The topological polar surface area (TPSA) is 69.6 Å². The van der Waals surface area contributed by atoms with Crippen LogP contribution in [0.2, 0.25) is 0 Å². The molecule has 2 N–H and O–H groups in total. The predicted molar refractivity (Wildman–Crippen MR) is 185 cm³/mol. The van der Waals surface area contributed by atoms with Crippen LogP contribution in [0.15, 0.2) is 97.1 Å². The molecule has 4 heterocycles. The van der Waals surface area contributed by atoms with Gasteiger partial charge in [0.05, 0.1) is 44.1 Å². The molecule has 0 radical (unpaired) electrons. The fourth-order valence-electron chi connectivity index (χ4n) is 8.10. The van der Waals surface area contributed by atoms with Crippen molar-refractivity contribution in [2.24, 2.45) is 11.8 Å². The SMILES string of the molecule is O=C(Cc1ccc(C[N+]23CCC(CC2)CC3)cc1)NCc1ccc(C2C(CCC(O)c3ccc(F)cc3)C(=O)N2c2ccc(F)cc2)cc1. The van der Waals surface area contributed by atoms with Crippen molar-refractivity contribution in [2.45, 2.75) is 63.8 Å². The van der Waals surface area contributed by atoms with Gasteiger partial charge in [-0.2, -0.15) is 0 Å². The number of quaternary nitrogens is 1. The highest BCUT2D eigenvalue weighted by molar-refractivity contribution is 6.03. The Bertz CT molecular complexity index is 1740. The summed E-state index contributed by atoms with van der Waals surface area (Å²) in [5, 5.41) is 13.8. The highest BCUT2D eigenvalue weighted by Gasteiger charge is 2.48. The second-order valence-electron chi connectivity index (χ2n) is 14.3. The summed E-state index contributed by atoms with van der Waals surface area (Å²) in [6.45, 7) is 5.36. The lowest BCUT2D eigenvalue weighted by molar-refractivity contribution is -0.955. The van der Waals surface area contributed by atoms with Gasteiger partial charge in [0.15, 0.2) is 0 Å². The highest BCUT2D eigenvalue weighted by atomic mass is 19.1. The number of nitrogens with zero attached hydrogens (tertiary/aromatic N) is 2. The second-order valence-corrected chi connectivity index (χ2v) is 14.3. The summed E-state index contributed by atoms with van der Waals surface area (Å²) in [5.74, 6) is -0.312. The number of hydrogen-bond acceptors (Lipinski definition) is 3. The van der Waals surface area contributed by atoms with Gasteiger partial charge in [-0.15, -0.1) is 0 Å². The van der Waals surface area contributed by atoms with Crippen molar-refractivity contribution in [3.8, 4) is 0 Å². The summed E-state index contributed by atoms with van der Waals surface area (Å²) in [4.78, 5) is 27.9. The quantitative estimate of drug-likeness (QED) is 0.125. The van der Waals surface area contributed by atoms with Gasteiger partial charge in [0, 0.05) is 17.8 Å². The molecular formula is C41H44F2N3O3+. The Kier molecular flexibility index (Phi) is 9.61. The lowest BCUT2D eigenvalue weighted by Gasteiger charge is -2.49. The summed E-state index contributed by atoms with van der Waals surface area (Å²) in [6, 6.07) is 27.7. The third kappa shape index (κ3) is 7.46. The molecule has 8 rings (SSSR count). The number of halogens is 2. The molecule has 3 unspecified atom stereocenters. The molecule has 49 heavy (non-hydrogen) atoms. The van der Waals surface area contributed by atoms with Crippen LogP contribution in [0.5, 0.6) is 0 Å². The number of nitrogens with one attached hydrogen (secondary N) is 1. The minimum atomic E-state index is -0.826. The molecular weight excluding hydrogens is 620 g/mol. The van der Waals surface area contributed by atoms with E-state index in [9.17, 15) is 23.5 Å². The largest absolute Gasteiger partial charge is 0.388 e. The minimum Gasteiger partial charge on any atom is -0.388 e. The van der Waals surface area contributed by atoms with Crippen LogP contribution in [0.25, 0.3) is 0 Å². The Balaban J connectivity index is 0.957. The second kappa shape index (κ2) is 14.2. The zero-order chi connectivity index (χ0) is 34.0. The Labute approximate surface area is 287 Å². The molecule has 0 aliphatic carbocycles. The number of aliphatic hydroxyl groups is 1. The molecule has 3 atom stereocenters. The van der Waals surface area contributed by atoms with Crippen molar-refractivity contribution in [1.82, 2.24) is 5.32 Å². The van der Waals surface area contributed by atoms with Gasteiger partial charge >= 0.3 is 0 Å². The van der Waals surface area contributed by atoms with Crippen LogP contribution in [-0.2, 0) is 29.1 Å². The van der Waals surface area contributed by atoms with E-state index in [4.69, 9.17) is 0 Å². The zero-order valence-corrected chi connectivity index (χ0v) is 27.7. The fraction of sp³-hybridized carbons (Fsp3) is 0.366. The van der Waals surface area contributed by atoms with Crippen LogP contribution in [0.3, 0.4) is 0 Å². The number of β-lactam (4-membered cyclic amide) rings is 1. The third-order valence-electron chi connectivity index (χ3n) is 11.1. The third-order valence-corrected chi connectivity index (χ3v) is 11.1. The van der Waals surface area contributed by atoms with Crippen LogP contribution < -0.4 is 10.2 Å². The first-order chi connectivity index (χ1) is 23.7. The maximum Gasteiger partial charge on any atom is 0.233 e. The Hall–Kier alpha value is -4.40. The molecule has 4 aliphatic rings. The lowest BCUT2D eigenvalue weighted by Crippen LogP contribution is -2.57. The van der Waals surface area contributed by atoms with Crippen molar-refractivity contribution in [3.05, 3.63) is 137 Å². The maximum atomic E-state index is 13.7. The van der Waals surface area contributed by atoms with E-state index in [1.54, 1.807) is 29.2 Å². The molecule has 2 bridgehead atoms. The van der Waals surface area contributed by atoms with Gasteiger partial charge in [-0.3, -0.25) is 9.59 Å². The molecule has 254 valence electrons. The molecule has 4 aromatic carbocycles. The van der Waals surface area contributed by atoms with E-state index in [1.807, 2.05) is 24.3 Å². The number of aliphatic hydroxyl groups excluding tert-OH is 1. The lowest BCUT2D eigenvalue weighted by atomic mass is 9.78. The molecule has 4 aliphatic heterocycles. The number of amides is 2. The van der Waals surface area contributed by atoms with E-state index in [1.165, 1.54) is 73.2 Å². The van der Waals surface area contributed by atoms with Crippen molar-refractivity contribution in [1.29, 1.82) is 0 Å². The fourth-order valence-corrected chi connectivity index (χ4v) is 8.10. The van der Waals surface area contributed by atoms with Crippen LogP contribution in [0.4, 0.5) is 14.5 Å². The first-order valence-corrected chi connectivity index (χ1v) is 17.6. The number of hydrogen-bond donors (Lipinski definition) is 2. The van der Waals surface area contributed by atoms with Gasteiger partial charge in [-0.25, -0.2) is 8.78 Å². The molecule has 4 aromatic rings. The molecule has 2 amide bonds. The van der Waals surface area contributed by atoms with Crippen LogP contribution >= 0.6 is 0 Å². The van der Waals surface area contributed by atoms with Gasteiger partial charge in [-0.05, 0) is 96.7 Å². The summed E-state index contributed by atoms with van der Waals surface area (Å²) in [5.41, 5.74) is 5.41. The van der Waals surface area contributed by atoms with Crippen molar-refractivity contribution < 1.29 is 28.0 Å². The number of anilines is 1. The Morgan fingerprint density at radius 3 is 2.00 bits per heavy atom. The number of fused-ring (bicyclic) bond motifs is 3. The molecule has 4 fully saturated rings. The van der Waals surface area contributed by atoms with Crippen LogP contribution in [0, 0.1) is 23.5 Å². The molecule has 4 saturated heterocycles. The van der Waals surface area contributed by atoms with E-state index < -0.39 is 6.10 Å². The standard InChI is InChI=1S/C41H43F2N3O3/c42-34-11-9-32(10-12-34)38(47)18-17-37-40(45(41(37)49)36-15-13-35(43)14-16-36)33-7-5-30(6-8-33)26-44-39(48)25-29-1-3-31(4-2-29)27-46-22-19-28(20-23-46)21-24-46/h1-16,28,37-38,40,47H,17-27H2/p+1. The number of carbonyl (C=O) groups is 2. The smallest absolute Gasteiger partial charge is 0.233 e. The maximum absolute atomic E-state index is 13.7. The first-order valence-electron chi connectivity index (χ1n) is 17.6. The molecule has 6 nitrogen and oxygen atoms in total. The number of piperidine rings is 3. The van der Waals surface area contributed by atoms with Gasteiger partial charge in [0.1, 0.15) is 18.2 Å². The molecule has 0 spiro atoms. The van der Waals surface area contributed by atoms with Gasteiger partial charge in [0.25, 0.3) is 0 Å². The first kappa shape index (κ1) is 33.1. The van der Waals surface area contributed by atoms with E-state index in [0.29, 0.717) is 37.1 Å². The summed E-state index contributed by atoms with van der Waals surface area (Å²) >= 11 is 0. The Morgan fingerprint density at radius 2 is 1.37 bits per heavy atom. The van der Waals surface area contributed by atoms with E-state index >= 15 is 0 Å². The van der Waals surface area contributed by atoms with E-state index in [2.05, 4.69) is 29.6 Å². The van der Waals surface area contributed by atoms with E-state index in [0.717, 1.165) is 29.2 Å². The summed E-state index contributed by atoms with van der Waals surface area (Å²) in [6.07, 6.45) is 4.35. The average molecular weight is 665 g/mol. The number of rotatable bonds is 12. The average Bonchev–Trinajstić information content (AvgIpc) is 3.12. The minimum absolute atomic E-state index is 0.0383. The van der Waals surface area contributed by atoms with Gasteiger partial charge < -0.3 is 19.8 Å². The predicted octanol–water partition coefficient (Wildman–Crippen LogP) is 7.17. The van der Waals surface area contributed by atoms with Crippen LogP contribution in [-0.4, -0.2) is 41.0 Å². The van der Waals surface area contributed by atoms with E-state index in [-0.39, 0.29) is 35.4 Å². The van der Waals surface area contributed by atoms with Crippen LogP contribution in [0.1, 0.15) is 72.1 Å². The normalized spacial score (nSPS) is 23.6. The van der Waals surface area contributed by atoms with Crippen molar-refractivity contribution in [2.75, 3.05) is 24.5 Å². The Morgan fingerprint density at radius 1 is 0.796 bits per heavy atom. The van der Waals surface area contributed by atoms with Gasteiger partial charge in [0.2, 0.25) is 11.8 Å². The number of carbonyl (C=O) groups excluding carboxylic acids is 2.